The average Bonchev–Trinajstić information content (AvgIpc) is 3.08. The molecule has 0 aromatic heterocycles. The van der Waals surface area contributed by atoms with Gasteiger partial charge in [-0.25, -0.2) is 0 Å². The second-order valence-corrected chi connectivity index (χ2v) is 5.46. The first kappa shape index (κ1) is 12.2. The second kappa shape index (κ2) is 4.20. The van der Waals surface area contributed by atoms with Gasteiger partial charge in [0.25, 0.3) is 0 Å². The third kappa shape index (κ3) is 1.98. The molecule has 0 aromatic rings. The molecule has 2 aliphatic rings. The van der Waals surface area contributed by atoms with E-state index in [4.69, 9.17) is 10.9 Å². The molecule has 0 heterocycles. The Kier molecular flexibility index (Phi) is 3.02. The van der Waals surface area contributed by atoms with Gasteiger partial charge in [0, 0.05) is 6.54 Å². The van der Waals surface area contributed by atoms with Crippen LogP contribution in [0, 0.1) is 10.8 Å². The van der Waals surface area contributed by atoms with E-state index in [1.54, 1.807) is 0 Å². The summed E-state index contributed by atoms with van der Waals surface area (Å²) in [5.74, 6) is -0.0262. The highest BCUT2D eigenvalue weighted by molar-refractivity contribution is 6.09. The molecule has 0 spiro atoms. The van der Waals surface area contributed by atoms with Gasteiger partial charge in [0.1, 0.15) is 5.41 Å². The summed E-state index contributed by atoms with van der Waals surface area (Å²) in [5, 5.41) is 14.6. The van der Waals surface area contributed by atoms with Gasteiger partial charge in [0.15, 0.2) is 5.84 Å². The van der Waals surface area contributed by atoms with Crippen molar-refractivity contribution in [1.29, 1.82) is 0 Å². The Hall–Kier alpha value is -1.26. The van der Waals surface area contributed by atoms with Gasteiger partial charge >= 0.3 is 0 Å². The number of hydrogen-bond donors (Lipinski definition) is 3. The summed E-state index contributed by atoms with van der Waals surface area (Å²) >= 11 is 0. The number of rotatable bonds is 5. The molecule has 2 saturated carbocycles. The van der Waals surface area contributed by atoms with Crippen molar-refractivity contribution in [3.8, 4) is 0 Å². The van der Waals surface area contributed by atoms with Crippen LogP contribution < -0.4 is 11.1 Å². The van der Waals surface area contributed by atoms with Crippen molar-refractivity contribution in [3.05, 3.63) is 0 Å². The fraction of sp³-hybridized carbons (Fsp3) is 0.833. The molecule has 0 unspecified atom stereocenters. The molecule has 1 amide bonds. The largest absolute Gasteiger partial charge is 0.409 e. The van der Waals surface area contributed by atoms with Crippen LogP contribution in [0.2, 0.25) is 0 Å². The van der Waals surface area contributed by atoms with E-state index in [-0.39, 0.29) is 11.7 Å². The Morgan fingerprint density at radius 1 is 1.41 bits per heavy atom. The molecular formula is C12H21N3O2. The molecular weight excluding hydrogens is 218 g/mol. The van der Waals surface area contributed by atoms with Crippen LogP contribution in [-0.4, -0.2) is 23.5 Å². The molecule has 5 heteroatoms. The zero-order chi connectivity index (χ0) is 12.5. The number of carbonyl (C=O) groups is 1. The predicted octanol–water partition coefficient (Wildman–Crippen LogP) is 1.21. The maximum absolute atomic E-state index is 12.0. The molecule has 0 bridgehead atoms. The van der Waals surface area contributed by atoms with Gasteiger partial charge in [0.2, 0.25) is 5.91 Å². The molecule has 0 atom stereocenters. The molecule has 5 nitrogen and oxygen atoms in total. The lowest BCUT2D eigenvalue weighted by molar-refractivity contribution is -0.125. The molecule has 0 saturated heterocycles. The van der Waals surface area contributed by atoms with E-state index in [0.717, 1.165) is 13.0 Å². The molecule has 4 N–H and O–H groups in total. The summed E-state index contributed by atoms with van der Waals surface area (Å²) in [4.78, 5) is 12.0. The highest BCUT2D eigenvalue weighted by atomic mass is 16.4. The van der Waals surface area contributed by atoms with Crippen LogP contribution in [-0.2, 0) is 4.79 Å². The van der Waals surface area contributed by atoms with Crippen molar-refractivity contribution < 1.29 is 10.0 Å². The number of amides is 1. The van der Waals surface area contributed by atoms with Gasteiger partial charge in [-0.05, 0) is 37.5 Å². The molecule has 96 valence electrons. The molecule has 0 aliphatic heterocycles. The van der Waals surface area contributed by atoms with Gasteiger partial charge in [-0.15, -0.1) is 0 Å². The van der Waals surface area contributed by atoms with E-state index >= 15 is 0 Å². The first-order valence-electron chi connectivity index (χ1n) is 6.35. The van der Waals surface area contributed by atoms with Crippen LogP contribution in [0.15, 0.2) is 5.16 Å². The lowest BCUT2D eigenvalue weighted by Crippen LogP contribution is -2.47. The second-order valence-electron chi connectivity index (χ2n) is 5.46. The highest BCUT2D eigenvalue weighted by Crippen LogP contribution is 2.47. The lowest BCUT2D eigenvalue weighted by atomic mass is 9.67. The molecule has 2 rings (SSSR count). The molecule has 0 radical (unpaired) electrons. The number of nitrogens with zero attached hydrogens (tertiary/aromatic N) is 1. The van der Waals surface area contributed by atoms with Crippen molar-refractivity contribution in [3.63, 3.8) is 0 Å². The minimum Gasteiger partial charge on any atom is -0.409 e. The van der Waals surface area contributed by atoms with Crippen LogP contribution in [0.1, 0.15) is 45.4 Å². The van der Waals surface area contributed by atoms with Gasteiger partial charge < -0.3 is 16.3 Å². The molecule has 17 heavy (non-hydrogen) atoms. The van der Waals surface area contributed by atoms with Crippen molar-refractivity contribution in [2.45, 2.75) is 45.4 Å². The van der Waals surface area contributed by atoms with Crippen molar-refractivity contribution in [1.82, 2.24) is 5.32 Å². The number of hydrogen-bond acceptors (Lipinski definition) is 3. The van der Waals surface area contributed by atoms with Crippen LogP contribution in [0.3, 0.4) is 0 Å². The van der Waals surface area contributed by atoms with Gasteiger partial charge in [-0.1, -0.05) is 18.5 Å². The fourth-order valence-electron chi connectivity index (χ4n) is 2.59. The van der Waals surface area contributed by atoms with Gasteiger partial charge in [-0.2, -0.15) is 0 Å². The Morgan fingerprint density at radius 3 is 2.41 bits per heavy atom. The Balaban J connectivity index is 1.90. The minimum atomic E-state index is -0.715. The van der Waals surface area contributed by atoms with E-state index in [0.29, 0.717) is 18.3 Å². The minimum absolute atomic E-state index is 0.0501. The molecule has 0 aromatic carbocycles. The van der Waals surface area contributed by atoms with Gasteiger partial charge in [0.05, 0.1) is 0 Å². The smallest absolute Gasteiger partial charge is 0.233 e. The average molecular weight is 239 g/mol. The Bertz CT molecular complexity index is 338. The Labute approximate surface area is 101 Å². The molecule has 2 fully saturated rings. The van der Waals surface area contributed by atoms with Gasteiger partial charge in [-0.3, -0.25) is 4.79 Å². The highest BCUT2D eigenvalue weighted by Gasteiger charge is 2.54. The number of nitrogens with two attached hydrogens (primary N) is 1. The number of carbonyl (C=O) groups excluding carboxylic acids is 1. The topological polar surface area (TPSA) is 87.7 Å². The maximum Gasteiger partial charge on any atom is 0.233 e. The fourth-order valence-corrected chi connectivity index (χ4v) is 2.59. The number of nitrogens with one attached hydrogen (secondary N) is 1. The third-order valence-corrected chi connectivity index (χ3v) is 4.57. The van der Waals surface area contributed by atoms with Crippen LogP contribution in [0.4, 0.5) is 0 Å². The standard InChI is InChI=1S/C12H21N3O2/c1-2-11(4-3-5-11)8-14-10(16)12(6-7-12)9(13)15-17/h17H,2-8H2,1H3,(H2,13,15)(H,14,16). The summed E-state index contributed by atoms with van der Waals surface area (Å²) in [6.45, 7) is 2.89. The zero-order valence-corrected chi connectivity index (χ0v) is 10.3. The van der Waals surface area contributed by atoms with Crippen molar-refractivity contribution in [2.75, 3.05) is 6.54 Å². The summed E-state index contributed by atoms with van der Waals surface area (Å²) in [6, 6.07) is 0. The van der Waals surface area contributed by atoms with Crippen LogP contribution in [0.5, 0.6) is 0 Å². The number of amidine groups is 1. The van der Waals surface area contributed by atoms with Crippen LogP contribution >= 0.6 is 0 Å². The monoisotopic (exact) mass is 239 g/mol. The summed E-state index contributed by atoms with van der Waals surface area (Å²) in [6.07, 6.45) is 6.13. The first-order chi connectivity index (χ1) is 8.08. The van der Waals surface area contributed by atoms with E-state index in [1.165, 1.54) is 19.3 Å². The normalized spacial score (nSPS) is 24.9. The SMILES string of the molecule is CCC1(CNC(=O)C2(C(N)=NO)CC2)CCC1. The number of oxime groups is 1. The maximum atomic E-state index is 12.0. The molecule has 2 aliphatic carbocycles. The van der Waals surface area contributed by atoms with E-state index in [1.807, 2.05) is 0 Å². The Morgan fingerprint density at radius 2 is 2.06 bits per heavy atom. The summed E-state index contributed by atoms with van der Waals surface area (Å²) in [5.41, 5.74) is 5.16. The van der Waals surface area contributed by atoms with E-state index in [2.05, 4.69) is 17.4 Å². The summed E-state index contributed by atoms with van der Waals surface area (Å²) < 4.78 is 0. The van der Waals surface area contributed by atoms with Crippen molar-refractivity contribution >= 4 is 11.7 Å². The zero-order valence-electron chi connectivity index (χ0n) is 10.3. The van der Waals surface area contributed by atoms with E-state index < -0.39 is 5.41 Å². The predicted molar refractivity (Wildman–Crippen MR) is 64.7 cm³/mol. The third-order valence-electron chi connectivity index (χ3n) is 4.57. The van der Waals surface area contributed by atoms with Crippen molar-refractivity contribution in [2.24, 2.45) is 21.7 Å². The van der Waals surface area contributed by atoms with E-state index in [9.17, 15) is 4.79 Å². The quantitative estimate of drug-likeness (QED) is 0.291. The first-order valence-corrected chi connectivity index (χ1v) is 6.35. The lowest BCUT2D eigenvalue weighted by Gasteiger charge is -2.41. The van der Waals surface area contributed by atoms with Crippen LogP contribution in [0.25, 0.3) is 0 Å². The summed E-state index contributed by atoms with van der Waals surface area (Å²) in [7, 11) is 0.